The molecule has 0 bridgehead atoms. The molecule has 1 aliphatic rings. The third-order valence-corrected chi connectivity index (χ3v) is 10.3. The van der Waals surface area contributed by atoms with Crippen molar-refractivity contribution in [3.8, 4) is 5.75 Å². The number of hydrogen-bond donors (Lipinski definition) is 2. The predicted octanol–water partition coefficient (Wildman–Crippen LogP) is 4.91. The number of oxazole rings is 2. The first-order valence-electron chi connectivity index (χ1n) is 18.8. The van der Waals surface area contributed by atoms with Crippen LogP contribution < -0.4 is 20.6 Å². The summed E-state index contributed by atoms with van der Waals surface area (Å²) in [6.45, 7) is 12.1. The van der Waals surface area contributed by atoms with Gasteiger partial charge in [0.05, 0.1) is 53.3 Å². The topological polar surface area (TPSA) is 211 Å². The molecular formula is C39H44N10O7S. The molecule has 3 N–H and O–H groups in total. The summed E-state index contributed by atoms with van der Waals surface area (Å²) in [4.78, 5) is 64.2. The van der Waals surface area contributed by atoms with Gasteiger partial charge in [-0.15, -0.1) is 0 Å². The summed E-state index contributed by atoms with van der Waals surface area (Å²) in [6, 6.07) is 5.13. The summed E-state index contributed by atoms with van der Waals surface area (Å²) in [5, 5.41) is 2.91. The van der Waals surface area contributed by atoms with Gasteiger partial charge in [0, 0.05) is 52.1 Å². The molecule has 1 aromatic carbocycles. The number of aryl methyl sites for hydroxylation is 4. The number of benzene rings is 1. The molecule has 1 aliphatic heterocycles. The number of nitrogens with one attached hydrogen (secondary N) is 1. The van der Waals surface area contributed by atoms with Gasteiger partial charge in [-0.3, -0.25) is 29.2 Å². The number of anilines is 2. The van der Waals surface area contributed by atoms with Crippen LogP contribution in [0.4, 0.5) is 11.6 Å². The number of aromatic nitrogens is 6. The molecular weight excluding hydrogens is 753 g/mol. The van der Waals surface area contributed by atoms with Gasteiger partial charge in [-0.05, 0) is 37.5 Å². The van der Waals surface area contributed by atoms with E-state index < -0.39 is 11.8 Å². The van der Waals surface area contributed by atoms with Gasteiger partial charge < -0.3 is 28.6 Å². The fraction of sp³-hybridized carbons (Fsp3) is 0.385. The highest BCUT2D eigenvalue weighted by Crippen LogP contribution is 2.31. The molecule has 18 heteroatoms. The Hall–Kier alpha value is -5.98. The van der Waals surface area contributed by atoms with Crippen LogP contribution in [0.1, 0.15) is 74.9 Å². The largest absolute Gasteiger partial charge is 0.491 e. The van der Waals surface area contributed by atoms with Gasteiger partial charge in [0.1, 0.15) is 17.6 Å². The number of rotatable bonds is 15. The summed E-state index contributed by atoms with van der Waals surface area (Å²) >= 11 is 1.28. The van der Waals surface area contributed by atoms with Crippen molar-refractivity contribution in [3.63, 3.8) is 0 Å². The first kappa shape index (κ1) is 39.3. The lowest BCUT2D eigenvalue weighted by molar-refractivity contribution is 0.0358. The van der Waals surface area contributed by atoms with Crippen LogP contribution in [0.3, 0.4) is 0 Å². The summed E-state index contributed by atoms with van der Waals surface area (Å²) in [6.07, 6.45) is 7.87. The number of carbonyl (C=O) groups excluding carboxylic acids is 3. The molecule has 0 radical (unpaired) electrons. The van der Waals surface area contributed by atoms with E-state index in [2.05, 4.69) is 30.2 Å². The van der Waals surface area contributed by atoms with E-state index in [0.717, 1.165) is 37.0 Å². The molecule has 0 saturated carbocycles. The van der Waals surface area contributed by atoms with E-state index in [-0.39, 0.29) is 30.6 Å². The normalized spacial score (nSPS) is 14.0. The Bertz CT molecular complexity index is 2540. The number of nitrogen functional groups attached to an aromatic ring is 1. The van der Waals surface area contributed by atoms with Gasteiger partial charge >= 0.3 is 5.91 Å². The first-order chi connectivity index (χ1) is 27.6. The fourth-order valence-electron chi connectivity index (χ4n) is 6.64. The van der Waals surface area contributed by atoms with Crippen LogP contribution in [0.2, 0.25) is 0 Å². The molecule has 1 saturated heterocycles. The summed E-state index contributed by atoms with van der Waals surface area (Å²) < 4.78 is 27.5. The molecule has 5 aromatic heterocycles. The highest BCUT2D eigenvalue weighted by Gasteiger charge is 2.23. The number of aldehydes is 1. The summed E-state index contributed by atoms with van der Waals surface area (Å²) in [7, 11) is 0. The molecule has 2 amide bonds. The van der Waals surface area contributed by atoms with Crippen molar-refractivity contribution < 1.29 is 32.7 Å². The number of fused-ring (bicyclic) bond motifs is 2. The molecule has 17 nitrogen and oxygen atoms in total. The van der Waals surface area contributed by atoms with Crippen molar-refractivity contribution in [3.05, 3.63) is 81.6 Å². The molecule has 0 atom stereocenters. The van der Waals surface area contributed by atoms with Crippen LogP contribution in [0, 0.1) is 13.8 Å². The van der Waals surface area contributed by atoms with Gasteiger partial charge in [-0.25, -0.2) is 19.9 Å². The van der Waals surface area contributed by atoms with E-state index in [0.29, 0.717) is 94.3 Å². The molecule has 7 rings (SSSR count). The third kappa shape index (κ3) is 8.72. The highest BCUT2D eigenvalue weighted by atomic mass is 32.1. The van der Waals surface area contributed by atoms with Crippen LogP contribution in [0.5, 0.6) is 5.75 Å². The lowest BCUT2D eigenvalue weighted by Gasteiger charge is -2.26. The van der Waals surface area contributed by atoms with Crippen molar-refractivity contribution in [2.24, 2.45) is 4.99 Å². The summed E-state index contributed by atoms with van der Waals surface area (Å²) in [5.41, 5.74) is 9.64. The monoisotopic (exact) mass is 796 g/mol. The number of ether oxygens (including phenoxy) is 2. The van der Waals surface area contributed by atoms with Gasteiger partial charge in [0.2, 0.25) is 17.5 Å². The Morgan fingerprint density at radius 3 is 2.40 bits per heavy atom. The molecule has 6 aromatic rings. The number of pyridine rings is 1. The molecule has 0 spiro atoms. The van der Waals surface area contributed by atoms with Crippen molar-refractivity contribution >= 4 is 62.5 Å². The first-order valence-corrected chi connectivity index (χ1v) is 19.6. The maximum atomic E-state index is 13.6. The number of nitrogens with zero attached hydrogens (tertiary/aromatic N) is 8. The van der Waals surface area contributed by atoms with E-state index in [1.165, 1.54) is 11.3 Å². The lowest BCUT2D eigenvalue weighted by atomic mass is 10.2. The Morgan fingerprint density at radius 1 is 0.982 bits per heavy atom. The van der Waals surface area contributed by atoms with E-state index in [1.807, 2.05) is 35.1 Å². The van der Waals surface area contributed by atoms with Crippen LogP contribution in [-0.2, 0) is 30.7 Å². The second-order valence-corrected chi connectivity index (χ2v) is 14.4. The van der Waals surface area contributed by atoms with Crippen molar-refractivity contribution in [1.82, 2.24) is 34.0 Å². The average Bonchev–Trinajstić information content (AvgIpc) is 3.97. The number of imidazole rings is 1. The van der Waals surface area contributed by atoms with Crippen molar-refractivity contribution in [2.75, 3.05) is 50.5 Å². The minimum absolute atomic E-state index is 0.101. The smallest absolute Gasteiger partial charge is 0.317 e. The van der Waals surface area contributed by atoms with Crippen LogP contribution >= 0.6 is 11.3 Å². The number of nitrogens with two attached hydrogens (primary N) is 1. The van der Waals surface area contributed by atoms with E-state index in [9.17, 15) is 14.4 Å². The Balaban J connectivity index is 1.22. The van der Waals surface area contributed by atoms with Crippen LogP contribution in [-0.4, -0.2) is 91.5 Å². The average molecular weight is 797 g/mol. The van der Waals surface area contributed by atoms with Gasteiger partial charge in [0.15, 0.2) is 22.2 Å². The van der Waals surface area contributed by atoms with Crippen molar-refractivity contribution in [1.29, 1.82) is 0 Å². The quantitative estimate of drug-likeness (QED) is 0.0805. The number of morpholine rings is 1. The van der Waals surface area contributed by atoms with Gasteiger partial charge in [-0.1, -0.05) is 37.3 Å². The van der Waals surface area contributed by atoms with Crippen LogP contribution in [0.25, 0.3) is 21.4 Å². The molecule has 57 heavy (non-hydrogen) atoms. The second kappa shape index (κ2) is 17.4. The third-order valence-electron chi connectivity index (χ3n) is 9.33. The fourth-order valence-corrected chi connectivity index (χ4v) is 7.68. The number of hydrogen-bond acceptors (Lipinski definition) is 14. The number of amides is 2. The van der Waals surface area contributed by atoms with Crippen molar-refractivity contribution in [2.45, 2.75) is 60.0 Å². The Labute approximate surface area is 331 Å². The number of thiazole rings is 1. The standard InChI is InChI=1S/C39H44N10O7S/c1-5-27-33(55-23(3)42-27)36(51)45-38-44-29-18-25(22-50)19-30(54-15-9-10-47-13-16-53-17-14-47)32(29)48(38)11-7-8-12-49-35-31(20-26(40)21-41-35)57-39(49)46-37(52)34-28(6-2)43-24(4)56-34/h7-8,18-22H,5-6,9-17,40H2,1-4H3,(H,44,45,51)/b8-7+,46-39?. The summed E-state index contributed by atoms with van der Waals surface area (Å²) in [5.74, 6) is 0.592. The Morgan fingerprint density at radius 2 is 1.68 bits per heavy atom. The van der Waals surface area contributed by atoms with Gasteiger partial charge in [0.25, 0.3) is 5.91 Å². The zero-order valence-corrected chi connectivity index (χ0v) is 33.1. The minimum atomic E-state index is -0.546. The van der Waals surface area contributed by atoms with E-state index in [1.54, 1.807) is 38.2 Å². The van der Waals surface area contributed by atoms with E-state index in [4.69, 9.17) is 29.0 Å². The SMILES string of the molecule is CCc1nc(C)oc1C(=O)N=c1sc2cc(N)cnc2n1C/C=C/Cn1c(NC(=O)c2oc(C)nc2CC)nc2cc(C=O)cc(OCCCN3CCOCC3)c21. The number of carbonyl (C=O) groups is 3. The maximum absolute atomic E-state index is 13.6. The Kier molecular flexibility index (Phi) is 12.0. The molecule has 1 fully saturated rings. The lowest BCUT2D eigenvalue weighted by Crippen LogP contribution is -2.37. The molecule has 0 aliphatic carbocycles. The predicted molar refractivity (Wildman–Crippen MR) is 213 cm³/mol. The minimum Gasteiger partial charge on any atom is -0.491 e. The number of allylic oxidation sites excluding steroid dienone is 2. The van der Waals surface area contributed by atoms with Crippen LogP contribution in [0.15, 0.2) is 50.4 Å². The second-order valence-electron chi connectivity index (χ2n) is 13.4. The zero-order chi connectivity index (χ0) is 40.1. The maximum Gasteiger partial charge on any atom is 0.317 e. The highest BCUT2D eigenvalue weighted by molar-refractivity contribution is 7.16. The molecule has 0 unspecified atom stereocenters. The van der Waals surface area contributed by atoms with Gasteiger partial charge in [-0.2, -0.15) is 4.99 Å². The molecule has 298 valence electrons. The zero-order valence-electron chi connectivity index (χ0n) is 32.2. The van der Waals surface area contributed by atoms with E-state index >= 15 is 0 Å². The molecule has 6 heterocycles.